The monoisotopic (exact) mass is 310 g/mol. The third-order valence-corrected chi connectivity index (χ3v) is 6.22. The first-order valence-electron chi connectivity index (χ1n) is 7.65. The van der Waals surface area contributed by atoms with Gasteiger partial charge in [-0.2, -0.15) is 4.31 Å². The number of piperidine rings is 1. The molecule has 116 valence electrons. The van der Waals surface area contributed by atoms with Crippen LogP contribution in [0.5, 0.6) is 5.75 Å². The van der Waals surface area contributed by atoms with Gasteiger partial charge in [-0.15, -0.1) is 0 Å². The standard InChI is InChI=1S/C15H22N2O3S/c1-2-12-5-3-4-9-17(12)21(18,19)13-6-7-15-14(11-13)16-8-10-20-15/h6-7,11-12,16H,2-5,8-10H2,1H3. The topological polar surface area (TPSA) is 58.6 Å². The van der Waals surface area contributed by atoms with Gasteiger partial charge < -0.3 is 10.1 Å². The van der Waals surface area contributed by atoms with Crippen molar-refractivity contribution in [1.82, 2.24) is 4.31 Å². The van der Waals surface area contributed by atoms with Gasteiger partial charge in [0.25, 0.3) is 0 Å². The van der Waals surface area contributed by atoms with Gasteiger partial charge in [0, 0.05) is 19.1 Å². The van der Waals surface area contributed by atoms with Crippen LogP contribution in [0.1, 0.15) is 32.6 Å². The zero-order valence-electron chi connectivity index (χ0n) is 12.3. The summed E-state index contributed by atoms with van der Waals surface area (Å²) in [5, 5.41) is 3.20. The van der Waals surface area contributed by atoms with Crippen molar-refractivity contribution in [3.8, 4) is 5.75 Å². The molecular formula is C15H22N2O3S. The number of rotatable bonds is 3. The molecule has 5 nitrogen and oxygen atoms in total. The Morgan fingerprint density at radius 1 is 1.38 bits per heavy atom. The zero-order valence-corrected chi connectivity index (χ0v) is 13.2. The van der Waals surface area contributed by atoms with Gasteiger partial charge in [0.2, 0.25) is 10.0 Å². The zero-order chi connectivity index (χ0) is 14.9. The molecule has 0 bridgehead atoms. The number of hydrogen-bond donors (Lipinski definition) is 1. The van der Waals surface area contributed by atoms with Crippen LogP contribution >= 0.6 is 0 Å². The minimum atomic E-state index is -3.42. The molecule has 0 aromatic heterocycles. The molecule has 0 aliphatic carbocycles. The first-order valence-corrected chi connectivity index (χ1v) is 9.09. The molecule has 1 atom stereocenters. The van der Waals surface area contributed by atoms with Crippen LogP contribution in [0, 0.1) is 0 Å². The van der Waals surface area contributed by atoms with Crippen molar-refractivity contribution < 1.29 is 13.2 Å². The quantitative estimate of drug-likeness (QED) is 0.931. The third kappa shape index (κ3) is 2.74. The van der Waals surface area contributed by atoms with E-state index in [1.54, 1.807) is 22.5 Å². The molecule has 2 aliphatic heterocycles. The normalized spacial score (nSPS) is 23.0. The third-order valence-electron chi connectivity index (χ3n) is 4.28. The molecule has 0 amide bonds. The molecule has 0 saturated carbocycles. The number of nitrogens with zero attached hydrogens (tertiary/aromatic N) is 1. The minimum absolute atomic E-state index is 0.129. The first kappa shape index (κ1) is 14.7. The molecule has 2 aliphatic rings. The molecule has 1 aromatic carbocycles. The number of sulfonamides is 1. The Morgan fingerprint density at radius 3 is 3.05 bits per heavy atom. The highest BCUT2D eigenvalue weighted by molar-refractivity contribution is 7.89. The van der Waals surface area contributed by atoms with Crippen molar-refractivity contribution in [2.75, 3.05) is 25.0 Å². The van der Waals surface area contributed by atoms with E-state index in [-0.39, 0.29) is 6.04 Å². The highest BCUT2D eigenvalue weighted by Crippen LogP contribution is 2.33. The van der Waals surface area contributed by atoms with E-state index < -0.39 is 10.0 Å². The van der Waals surface area contributed by atoms with Crippen LogP contribution in [0.15, 0.2) is 23.1 Å². The lowest BCUT2D eigenvalue weighted by Gasteiger charge is -2.34. The number of fused-ring (bicyclic) bond motifs is 1. The van der Waals surface area contributed by atoms with E-state index >= 15 is 0 Å². The maximum atomic E-state index is 12.9. The summed E-state index contributed by atoms with van der Waals surface area (Å²) in [5.41, 5.74) is 0.771. The number of hydrogen-bond acceptors (Lipinski definition) is 4. The average molecular weight is 310 g/mol. The largest absolute Gasteiger partial charge is 0.490 e. The molecule has 0 radical (unpaired) electrons. The SMILES string of the molecule is CCC1CCCCN1S(=O)(=O)c1ccc2c(c1)NCCO2. The fraction of sp³-hybridized carbons (Fsp3) is 0.600. The van der Waals surface area contributed by atoms with E-state index in [9.17, 15) is 8.42 Å². The summed E-state index contributed by atoms with van der Waals surface area (Å²) in [7, 11) is -3.42. The smallest absolute Gasteiger partial charge is 0.243 e. The molecule has 1 fully saturated rings. The van der Waals surface area contributed by atoms with Crippen LogP contribution in [0.3, 0.4) is 0 Å². The number of benzene rings is 1. The van der Waals surface area contributed by atoms with Gasteiger partial charge in [-0.1, -0.05) is 13.3 Å². The second-order valence-corrected chi connectivity index (χ2v) is 7.50. The summed E-state index contributed by atoms with van der Waals surface area (Å²) < 4.78 is 33.0. The predicted molar refractivity (Wildman–Crippen MR) is 82.2 cm³/mol. The molecule has 1 saturated heterocycles. The van der Waals surface area contributed by atoms with Crippen molar-refractivity contribution in [3.63, 3.8) is 0 Å². The van der Waals surface area contributed by atoms with Gasteiger partial charge in [0.05, 0.1) is 10.6 Å². The Labute approximate surface area is 126 Å². The Bertz CT molecular complexity index is 615. The van der Waals surface area contributed by atoms with Crippen LogP contribution in [-0.4, -0.2) is 38.5 Å². The highest BCUT2D eigenvalue weighted by Gasteiger charge is 2.33. The first-order chi connectivity index (χ1) is 10.1. The fourth-order valence-corrected chi connectivity index (χ4v) is 4.91. The van der Waals surface area contributed by atoms with Gasteiger partial charge >= 0.3 is 0 Å². The molecule has 21 heavy (non-hydrogen) atoms. The Balaban J connectivity index is 1.94. The maximum Gasteiger partial charge on any atom is 0.243 e. The fourth-order valence-electron chi connectivity index (χ4n) is 3.11. The van der Waals surface area contributed by atoms with E-state index in [1.807, 2.05) is 0 Å². The lowest BCUT2D eigenvalue weighted by Crippen LogP contribution is -2.43. The van der Waals surface area contributed by atoms with Crippen molar-refractivity contribution in [1.29, 1.82) is 0 Å². The van der Waals surface area contributed by atoms with Crippen LogP contribution in [0.2, 0.25) is 0 Å². The lowest BCUT2D eigenvalue weighted by atomic mass is 10.0. The van der Waals surface area contributed by atoms with Crippen molar-refractivity contribution in [3.05, 3.63) is 18.2 Å². The molecule has 2 heterocycles. The van der Waals surface area contributed by atoms with E-state index in [0.29, 0.717) is 24.6 Å². The van der Waals surface area contributed by atoms with E-state index in [4.69, 9.17) is 4.74 Å². The molecule has 6 heteroatoms. The van der Waals surface area contributed by atoms with Gasteiger partial charge in [-0.05, 0) is 37.5 Å². The van der Waals surface area contributed by atoms with Gasteiger partial charge in [0.15, 0.2) is 0 Å². The molecule has 0 spiro atoms. The predicted octanol–water partition coefficient (Wildman–Crippen LogP) is 2.44. The molecule has 1 aromatic rings. The van der Waals surface area contributed by atoms with Gasteiger partial charge in [-0.3, -0.25) is 0 Å². The van der Waals surface area contributed by atoms with Gasteiger partial charge in [0.1, 0.15) is 12.4 Å². The maximum absolute atomic E-state index is 12.9. The summed E-state index contributed by atoms with van der Waals surface area (Å²) in [6, 6.07) is 5.23. The summed E-state index contributed by atoms with van der Waals surface area (Å²) >= 11 is 0. The van der Waals surface area contributed by atoms with Crippen molar-refractivity contribution in [2.24, 2.45) is 0 Å². The van der Waals surface area contributed by atoms with Crippen LogP contribution in [-0.2, 0) is 10.0 Å². The Kier molecular flexibility index (Phi) is 4.08. The summed E-state index contributed by atoms with van der Waals surface area (Å²) in [5.74, 6) is 0.728. The summed E-state index contributed by atoms with van der Waals surface area (Å²) in [6.07, 6.45) is 3.89. The second kappa shape index (κ2) is 5.85. The van der Waals surface area contributed by atoms with Crippen molar-refractivity contribution >= 4 is 15.7 Å². The number of nitrogens with one attached hydrogen (secondary N) is 1. The molecule has 1 N–H and O–H groups in total. The minimum Gasteiger partial charge on any atom is -0.490 e. The van der Waals surface area contributed by atoms with Crippen LogP contribution < -0.4 is 10.1 Å². The molecular weight excluding hydrogens is 288 g/mol. The van der Waals surface area contributed by atoms with E-state index in [0.717, 1.165) is 37.1 Å². The summed E-state index contributed by atoms with van der Waals surface area (Å²) in [6.45, 7) is 4.00. The Morgan fingerprint density at radius 2 is 2.24 bits per heavy atom. The van der Waals surface area contributed by atoms with Crippen LogP contribution in [0.4, 0.5) is 5.69 Å². The van der Waals surface area contributed by atoms with E-state index in [1.165, 1.54) is 0 Å². The van der Waals surface area contributed by atoms with E-state index in [2.05, 4.69) is 12.2 Å². The molecule has 1 unspecified atom stereocenters. The number of anilines is 1. The summed E-state index contributed by atoms with van der Waals surface area (Å²) in [4.78, 5) is 0.361. The van der Waals surface area contributed by atoms with Gasteiger partial charge in [-0.25, -0.2) is 8.42 Å². The van der Waals surface area contributed by atoms with Crippen LogP contribution in [0.25, 0.3) is 0 Å². The second-order valence-electron chi connectivity index (χ2n) is 5.61. The Hall–Kier alpha value is -1.27. The lowest BCUT2D eigenvalue weighted by molar-refractivity contribution is 0.246. The van der Waals surface area contributed by atoms with Crippen molar-refractivity contribution in [2.45, 2.75) is 43.5 Å². The average Bonchev–Trinajstić information content (AvgIpc) is 2.54. The molecule has 3 rings (SSSR count). The highest BCUT2D eigenvalue weighted by atomic mass is 32.2. The number of ether oxygens (including phenoxy) is 1.